The van der Waals surface area contributed by atoms with E-state index in [2.05, 4.69) is 12.2 Å². The van der Waals surface area contributed by atoms with Crippen molar-refractivity contribution in [3.05, 3.63) is 60.2 Å². The molecule has 0 spiro atoms. The Balaban J connectivity index is 2.01. The Morgan fingerprint density at radius 3 is 2.45 bits per heavy atom. The van der Waals surface area contributed by atoms with Crippen LogP contribution in [0.2, 0.25) is 0 Å². The van der Waals surface area contributed by atoms with Gasteiger partial charge >= 0.3 is 0 Å². The fourth-order valence-corrected chi connectivity index (χ4v) is 1.94. The number of para-hydroxylation sites is 2. The summed E-state index contributed by atoms with van der Waals surface area (Å²) in [5, 5.41) is 2.92. The minimum absolute atomic E-state index is 0.144. The molecule has 0 aliphatic heterocycles. The standard InChI is InChI=1S/C17H19NO2/c1-3-14-9-7-8-12-16(14)18-17(19)13(2)20-15-10-5-4-6-11-15/h4-13H,3H2,1-2H3,(H,18,19). The van der Waals surface area contributed by atoms with Gasteiger partial charge in [-0.1, -0.05) is 43.3 Å². The van der Waals surface area contributed by atoms with Crippen LogP contribution in [0.5, 0.6) is 5.75 Å². The number of carbonyl (C=O) groups is 1. The lowest BCUT2D eigenvalue weighted by molar-refractivity contribution is -0.122. The van der Waals surface area contributed by atoms with Crippen LogP contribution in [-0.2, 0) is 11.2 Å². The van der Waals surface area contributed by atoms with Gasteiger partial charge in [-0.2, -0.15) is 0 Å². The summed E-state index contributed by atoms with van der Waals surface area (Å²) in [6.07, 6.45) is 0.340. The van der Waals surface area contributed by atoms with Crippen LogP contribution in [0, 0.1) is 0 Å². The quantitative estimate of drug-likeness (QED) is 0.899. The second kappa shape index (κ2) is 6.75. The summed E-state index contributed by atoms with van der Waals surface area (Å²) in [5.74, 6) is 0.550. The number of amides is 1. The van der Waals surface area contributed by atoms with E-state index in [-0.39, 0.29) is 5.91 Å². The molecule has 0 radical (unpaired) electrons. The Hall–Kier alpha value is -2.29. The van der Waals surface area contributed by atoms with Crippen molar-refractivity contribution in [2.45, 2.75) is 26.4 Å². The molecule has 0 fully saturated rings. The van der Waals surface area contributed by atoms with E-state index in [1.807, 2.05) is 54.6 Å². The number of aryl methyl sites for hydroxylation is 1. The Morgan fingerprint density at radius 1 is 1.10 bits per heavy atom. The molecule has 1 unspecified atom stereocenters. The highest BCUT2D eigenvalue weighted by molar-refractivity contribution is 5.94. The number of hydrogen-bond acceptors (Lipinski definition) is 2. The third kappa shape index (κ3) is 3.60. The fourth-order valence-electron chi connectivity index (χ4n) is 1.94. The molecule has 0 saturated heterocycles. The molecule has 0 heterocycles. The van der Waals surface area contributed by atoms with Crippen molar-refractivity contribution in [3.8, 4) is 5.75 Å². The number of rotatable bonds is 5. The molecule has 104 valence electrons. The highest BCUT2D eigenvalue weighted by Crippen LogP contribution is 2.17. The van der Waals surface area contributed by atoms with E-state index in [9.17, 15) is 4.79 Å². The first-order valence-electron chi connectivity index (χ1n) is 6.81. The highest BCUT2D eigenvalue weighted by Gasteiger charge is 2.15. The van der Waals surface area contributed by atoms with Gasteiger partial charge in [-0.05, 0) is 37.1 Å². The van der Waals surface area contributed by atoms with Crippen LogP contribution in [0.15, 0.2) is 54.6 Å². The van der Waals surface area contributed by atoms with Gasteiger partial charge in [-0.3, -0.25) is 4.79 Å². The summed E-state index contributed by atoms with van der Waals surface area (Å²) in [7, 11) is 0. The molecule has 0 aliphatic rings. The zero-order valence-electron chi connectivity index (χ0n) is 11.8. The minimum atomic E-state index is -0.540. The van der Waals surface area contributed by atoms with Crippen molar-refractivity contribution in [3.63, 3.8) is 0 Å². The molecule has 1 N–H and O–H groups in total. The van der Waals surface area contributed by atoms with Crippen molar-refractivity contribution in [2.75, 3.05) is 5.32 Å². The van der Waals surface area contributed by atoms with Gasteiger partial charge in [0, 0.05) is 5.69 Å². The summed E-state index contributed by atoms with van der Waals surface area (Å²) in [5.41, 5.74) is 1.97. The molecule has 1 amide bonds. The Kier molecular flexibility index (Phi) is 4.77. The second-order valence-corrected chi connectivity index (χ2v) is 4.57. The molecule has 2 rings (SSSR count). The zero-order chi connectivity index (χ0) is 14.4. The van der Waals surface area contributed by atoms with Gasteiger partial charge < -0.3 is 10.1 Å². The van der Waals surface area contributed by atoms with Gasteiger partial charge in [0.15, 0.2) is 6.10 Å². The third-order valence-electron chi connectivity index (χ3n) is 3.08. The summed E-state index contributed by atoms with van der Waals surface area (Å²) in [4.78, 5) is 12.1. The first-order chi connectivity index (χ1) is 9.70. The molecule has 3 nitrogen and oxygen atoms in total. The van der Waals surface area contributed by atoms with Gasteiger partial charge in [0.25, 0.3) is 5.91 Å². The molecule has 20 heavy (non-hydrogen) atoms. The predicted octanol–water partition coefficient (Wildman–Crippen LogP) is 3.66. The smallest absolute Gasteiger partial charge is 0.265 e. The van der Waals surface area contributed by atoms with Crippen molar-refractivity contribution in [2.24, 2.45) is 0 Å². The van der Waals surface area contributed by atoms with Crippen LogP contribution >= 0.6 is 0 Å². The third-order valence-corrected chi connectivity index (χ3v) is 3.08. The Labute approximate surface area is 119 Å². The predicted molar refractivity (Wildman–Crippen MR) is 81.0 cm³/mol. The van der Waals surface area contributed by atoms with E-state index in [0.29, 0.717) is 5.75 Å². The van der Waals surface area contributed by atoms with E-state index < -0.39 is 6.10 Å². The van der Waals surface area contributed by atoms with Crippen LogP contribution in [0.25, 0.3) is 0 Å². The van der Waals surface area contributed by atoms with Crippen molar-refractivity contribution < 1.29 is 9.53 Å². The Morgan fingerprint density at radius 2 is 1.75 bits per heavy atom. The zero-order valence-corrected chi connectivity index (χ0v) is 11.8. The molecular weight excluding hydrogens is 250 g/mol. The summed E-state index contributed by atoms with van der Waals surface area (Å²) < 4.78 is 5.61. The lowest BCUT2D eigenvalue weighted by atomic mass is 10.1. The lowest BCUT2D eigenvalue weighted by Gasteiger charge is -2.16. The van der Waals surface area contributed by atoms with Gasteiger partial charge in [-0.25, -0.2) is 0 Å². The topological polar surface area (TPSA) is 38.3 Å². The SMILES string of the molecule is CCc1ccccc1NC(=O)C(C)Oc1ccccc1. The number of hydrogen-bond donors (Lipinski definition) is 1. The molecule has 0 saturated carbocycles. The van der Waals surface area contributed by atoms with Crippen LogP contribution in [0.4, 0.5) is 5.69 Å². The van der Waals surface area contributed by atoms with Gasteiger partial charge in [0.05, 0.1) is 0 Å². The molecule has 1 atom stereocenters. The van der Waals surface area contributed by atoms with Crippen LogP contribution < -0.4 is 10.1 Å². The first-order valence-corrected chi connectivity index (χ1v) is 6.81. The van der Waals surface area contributed by atoms with Crippen LogP contribution in [-0.4, -0.2) is 12.0 Å². The fraction of sp³-hybridized carbons (Fsp3) is 0.235. The lowest BCUT2D eigenvalue weighted by Crippen LogP contribution is -2.30. The maximum Gasteiger partial charge on any atom is 0.265 e. The molecular formula is C17H19NO2. The van der Waals surface area contributed by atoms with E-state index in [1.54, 1.807) is 6.92 Å². The molecule has 0 bridgehead atoms. The van der Waals surface area contributed by atoms with E-state index in [1.165, 1.54) is 0 Å². The molecule has 3 heteroatoms. The number of ether oxygens (including phenoxy) is 1. The summed E-state index contributed by atoms with van der Waals surface area (Å²) >= 11 is 0. The summed E-state index contributed by atoms with van der Waals surface area (Å²) in [6, 6.07) is 17.2. The second-order valence-electron chi connectivity index (χ2n) is 4.57. The van der Waals surface area contributed by atoms with Crippen molar-refractivity contribution >= 4 is 11.6 Å². The molecule has 0 aromatic heterocycles. The number of nitrogens with one attached hydrogen (secondary N) is 1. The van der Waals surface area contributed by atoms with Gasteiger partial charge in [0.2, 0.25) is 0 Å². The van der Waals surface area contributed by atoms with Crippen LogP contribution in [0.1, 0.15) is 19.4 Å². The normalized spacial score (nSPS) is 11.7. The summed E-state index contributed by atoms with van der Waals surface area (Å²) in [6.45, 7) is 3.81. The minimum Gasteiger partial charge on any atom is -0.481 e. The van der Waals surface area contributed by atoms with E-state index in [0.717, 1.165) is 17.7 Å². The average molecular weight is 269 g/mol. The number of anilines is 1. The van der Waals surface area contributed by atoms with Gasteiger partial charge in [0.1, 0.15) is 5.75 Å². The largest absolute Gasteiger partial charge is 0.481 e. The maximum absolute atomic E-state index is 12.1. The number of carbonyl (C=O) groups excluding carboxylic acids is 1. The average Bonchev–Trinajstić information content (AvgIpc) is 2.48. The van der Waals surface area contributed by atoms with E-state index >= 15 is 0 Å². The highest BCUT2D eigenvalue weighted by atomic mass is 16.5. The van der Waals surface area contributed by atoms with Crippen LogP contribution in [0.3, 0.4) is 0 Å². The maximum atomic E-state index is 12.1. The van der Waals surface area contributed by atoms with E-state index in [4.69, 9.17) is 4.74 Å². The van der Waals surface area contributed by atoms with Crippen molar-refractivity contribution in [1.82, 2.24) is 0 Å². The molecule has 2 aromatic carbocycles. The van der Waals surface area contributed by atoms with Crippen molar-refractivity contribution in [1.29, 1.82) is 0 Å². The first kappa shape index (κ1) is 14.1. The molecule has 0 aliphatic carbocycles. The number of benzene rings is 2. The van der Waals surface area contributed by atoms with Gasteiger partial charge in [-0.15, -0.1) is 0 Å². The monoisotopic (exact) mass is 269 g/mol. The Bertz CT molecular complexity index is 566. The molecule has 2 aromatic rings.